The van der Waals surface area contributed by atoms with Crippen LogP contribution in [0.1, 0.15) is 32.3 Å². The first-order valence-electron chi connectivity index (χ1n) is 10.4. The van der Waals surface area contributed by atoms with E-state index in [2.05, 4.69) is 5.32 Å². The van der Waals surface area contributed by atoms with Gasteiger partial charge in [0.1, 0.15) is 5.75 Å². The minimum Gasteiger partial charge on any atom is -0.497 e. The molecule has 1 amide bonds. The van der Waals surface area contributed by atoms with Crippen LogP contribution in [-0.2, 0) is 20.2 Å². The van der Waals surface area contributed by atoms with Gasteiger partial charge in [0.2, 0.25) is 15.9 Å². The Kier molecular flexibility index (Phi) is 7.76. The van der Waals surface area contributed by atoms with E-state index in [0.717, 1.165) is 5.56 Å². The van der Waals surface area contributed by atoms with Gasteiger partial charge in [-0.15, -0.1) is 0 Å². The van der Waals surface area contributed by atoms with Gasteiger partial charge < -0.3 is 10.1 Å². The van der Waals surface area contributed by atoms with Gasteiger partial charge in [-0.2, -0.15) is 4.31 Å². The van der Waals surface area contributed by atoms with Gasteiger partial charge in [-0.25, -0.2) is 8.42 Å². The predicted molar refractivity (Wildman–Crippen MR) is 127 cm³/mol. The zero-order chi connectivity index (χ0) is 23.5. The molecule has 2 aromatic rings. The molecule has 1 aliphatic heterocycles. The standard InChI is InChI=1S/C23H28Cl2N2O4S/c1-23(2,17-4-9-20(24)21(25)14-17)15-26-22(28)16-10-12-27(13-11-16)32(29,30)19-7-5-18(31-3)6-8-19/h4-9,14,16H,10-13,15H2,1-3H3,(H,26,28). The fourth-order valence-electron chi connectivity index (χ4n) is 3.73. The maximum atomic E-state index is 12.9. The number of hydrogen-bond donors (Lipinski definition) is 1. The van der Waals surface area contributed by atoms with Gasteiger partial charge in [-0.05, 0) is 54.8 Å². The highest BCUT2D eigenvalue weighted by Crippen LogP contribution is 2.30. The Morgan fingerprint density at radius 1 is 1.09 bits per heavy atom. The van der Waals surface area contributed by atoms with Gasteiger partial charge in [-0.3, -0.25) is 4.79 Å². The molecule has 0 unspecified atom stereocenters. The first kappa shape index (κ1) is 24.8. The molecule has 174 valence electrons. The highest BCUT2D eigenvalue weighted by Gasteiger charge is 2.33. The minimum atomic E-state index is -3.59. The summed E-state index contributed by atoms with van der Waals surface area (Å²) in [5.74, 6) is 0.324. The lowest BCUT2D eigenvalue weighted by molar-refractivity contribution is -0.126. The van der Waals surface area contributed by atoms with Gasteiger partial charge in [-0.1, -0.05) is 43.1 Å². The van der Waals surface area contributed by atoms with E-state index >= 15 is 0 Å². The quantitative estimate of drug-likeness (QED) is 0.609. The number of ether oxygens (including phenoxy) is 1. The zero-order valence-electron chi connectivity index (χ0n) is 18.4. The number of hydrogen-bond acceptors (Lipinski definition) is 4. The van der Waals surface area contributed by atoms with Crippen molar-refractivity contribution in [2.45, 2.75) is 37.0 Å². The van der Waals surface area contributed by atoms with Crippen LogP contribution in [0.15, 0.2) is 47.4 Å². The van der Waals surface area contributed by atoms with Crippen LogP contribution in [-0.4, -0.2) is 45.4 Å². The topological polar surface area (TPSA) is 75.7 Å². The number of piperidine rings is 1. The number of halogens is 2. The predicted octanol–water partition coefficient (Wildman–Crippen LogP) is 4.50. The molecule has 0 saturated carbocycles. The molecule has 0 spiro atoms. The summed E-state index contributed by atoms with van der Waals surface area (Å²) in [7, 11) is -2.06. The Labute approximate surface area is 199 Å². The van der Waals surface area contributed by atoms with Gasteiger partial charge in [0.15, 0.2) is 0 Å². The molecule has 3 rings (SSSR count). The molecule has 2 aromatic carbocycles. The van der Waals surface area contributed by atoms with Crippen LogP contribution in [0.2, 0.25) is 10.0 Å². The van der Waals surface area contributed by atoms with Gasteiger partial charge in [0.25, 0.3) is 0 Å². The van der Waals surface area contributed by atoms with Crippen LogP contribution >= 0.6 is 23.2 Å². The molecule has 32 heavy (non-hydrogen) atoms. The average molecular weight is 499 g/mol. The minimum absolute atomic E-state index is 0.0559. The van der Waals surface area contributed by atoms with Crippen LogP contribution in [0, 0.1) is 5.92 Å². The summed E-state index contributed by atoms with van der Waals surface area (Å²) < 4.78 is 32.3. The number of methoxy groups -OCH3 is 1. The van der Waals surface area contributed by atoms with Crippen molar-refractivity contribution in [2.75, 3.05) is 26.7 Å². The molecule has 0 radical (unpaired) electrons. The molecule has 1 fully saturated rings. The summed E-state index contributed by atoms with van der Waals surface area (Å²) in [6, 6.07) is 11.8. The van der Waals surface area contributed by atoms with E-state index in [9.17, 15) is 13.2 Å². The Bertz CT molecular complexity index is 1060. The number of sulfonamides is 1. The Morgan fingerprint density at radius 3 is 2.28 bits per heavy atom. The smallest absolute Gasteiger partial charge is 0.243 e. The second-order valence-corrected chi connectivity index (χ2v) is 11.3. The second kappa shape index (κ2) is 10.00. The maximum Gasteiger partial charge on any atom is 0.243 e. The van der Waals surface area contributed by atoms with E-state index in [0.29, 0.717) is 48.3 Å². The van der Waals surface area contributed by atoms with Crippen molar-refractivity contribution in [3.05, 3.63) is 58.1 Å². The van der Waals surface area contributed by atoms with Crippen LogP contribution < -0.4 is 10.1 Å². The largest absolute Gasteiger partial charge is 0.497 e. The zero-order valence-corrected chi connectivity index (χ0v) is 20.7. The third-order valence-electron chi connectivity index (χ3n) is 5.93. The normalized spacial score (nSPS) is 16.0. The highest BCUT2D eigenvalue weighted by molar-refractivity contribution is 7.89. The molecule has 9 heteroatoms. The molecule has 0 aliphatic carbocycles. The first-order valence-corrected chi connectivity index (χ1v) is 12.6. The summed E-state index contributed by atoms with van der Waals surface area (Å²) in [4.78, 5) is 13.0. The van der Waals surface area contributed by atoms with Gasteiger partial charge in [0, 0.05) is 31.0 Å². The third-order valence-corrected chi connectivity index (χ3v) is 8.58. The molecular formula is C23H28Cl2N2O4S. The fourth-order valence-corrected chi connectivity index (χ4v) is 5.49. The van der Waals surface area contributed by atoms with Crippen LogP contribution in [0.3, 0.4) is 0 Å². The molecule has 1 aliphatic rings. The fraction of sp³-hybridized carbons (Fsp3) is 0.435. The Hall–Kier alpha value is -1.80. The number of carbonyl (C=O) groups excluding carboxylic acids is 1. The monoisotopic (exact) mass is 498 g/mol. The van der Waals surface area contributed by atoms with Gasteiger partial charge in [0.05, 0.1) is 22.1 Å². The Balaban J connectivity index is 1.56. The molecule has 1 heterocycles. The Morgan fingerprint density at radius 2 is 1.72 bits per heavy atom. The number of nitrogens with one attached hydrogen (secondary N) is 1. The first-order chi connectivity index (χ1) is 15.0. The van der Waals surface area contributed by atoms with Crippen molar-refractivity contribution in [1.82, 2.24) is 9.62 Å². The maximum absolute atomic E-state index is 12.9. The van der Waals surface area contributed by atoms with Crippen molar-refractivity contribution < 1.29 is 17.9 Å². The van der Waals surface area contributed by atoms with Crippen molar-refractivity contribution in [3.8, 4) is 5.75 Å². The van der Waals surface area contributed by atoms with Crippen LogP contribution in [0.5, 0.6) is 5.75 Å². The van der Waals surface area contributed by atoms with E-state index in [1.807, 2.05) is 26.0 Å². The number of benzene rings is 2. The SMILES string of the molecule is COc1ccc(S(=O)(=O)N2CCC(C(=O)NCC(C)(C)c3ccc(Cl)c(Cl)c3)CC2)cc1. The van der Waals surface area contributed by atoms with Crippen molar-refractivity contribution in [1.29, 1.82) is 0 Å². The molecule has 0 atom stereocenters. The third kappa shape index (κ3) is 5.57. The molecule has 1 saturated heterocycles. The summed E-state index contributed by atoms with van der Waals surface area (Å²) >= 11 is 12.1. The lowest BCUT2D eigenvalue weighted by Gasteiger charge is -2.32. The van der Waals surface area contributed by atoms with Crippen LogP contribution in [0.4, 0.5) is 0 Å². The van der Waals surface area contributed by atoms with E-state index in [4.69, 9.17) is 27.9 Å². The van der Waals surface area contributed by atoms with E-state index in [1.165, 1.54) is 23.5 Å². The number of nitrogens with zero attached hydrogens (tertiary/aromatic N) is 1. The summed E-state index contributed by atoms with van der Waals surface area (Å²) in [6.45, 7) is 5.10. The number of amides is 1. The molecular weight excluding hydrogens is 471 g/mol. The van der Waals surface area contributed by atoms with Crippen molar-refractivity contribution in [2.24, 2.45) is 5.92 Å². The lowest BCUT2D eigenvalue weighted by Crippen LogP contribution is -2.45. The lowest BCUT2D eigenvalue weighted by atomic mass is 9.84. The van der Waals surface area contributed by atoms with Crippen LogP contribution in [0.25, 0.3) is 0 Å². The summed E-state index contributed by atoms with van der Waals surface area (Å²) in [5.41, 5.74) is 0.648. The summed E-state index contributed by atoms with van der Waals surface area (Å²) in [6.07, 6.45) is 0.961. The van der Waals surface area contributed by atoms with Gasteiger partial charge >= 0.3 is 0 Å². The van der Waals surface area contributed by atoms with Crippen molar-refractivity contribution in [3.63, 3.8) is 0 Å². The molecule has 0 aromatic heterocycles. The molecule has 0 bridgehead atoms. The van der Waals surface area contributed by atoms with Crippen molar-refractivity contribution >= 4 is 39.1 Å². The second-order valence-electron chi connectivity index (χ2n) is 8.58. The number of rotatable bonds is 7. The number of carbonyl (C=O) groups is 1. The van der Waals surface area contributed by atoms with E-state index in [-0.39, 0.29) is 22.1 Å². The highest BCUT2D eigenvalue weighted by atomic mass is 35.5. The average Bonchev–Trinajstić information content (AvgIpc) is 2.79. The molecule has 6 nitrogen and oxygen atoms in total. The summed E-state index contributed by atoms with van der Waals surface area (Å²) in [5, 5.41) is 4.00. The van der Waals surface area contributed by atoms with E-state index in [1.54, 1.807) is 18.2 Å². The molecule has 1 N–H and O–H groups in total. The van der Waals surface area contributed by atoms with E-state index < -0.39 is 10.0 Å².